The van der Waals surface area contributed by atoms with Crippen molar-refractivity contribution in [1.82, 2.24) is 9.80 Å². The van der Waals surface area contributed by atoms with E-state index in [1.165, 1.54) is 37.4 Å². The Morgan fingerprint density at radius 1 is 1.41 bits per heavy atom. The van der Waals surface area contributed by atoms with Crippen LogP contribution in [0.1, 0.15) is 24.6 Å². The zero-order valence-corrected chi connectivity index (χ0v) is 11.8. The average molecular weight is 271 g/mol. The van der Waals surface area contributed by atoms with Gasteiger partial charge in [-0.25, -0.2) is 0 Å². The van der Waals surface area contributed by atoms with Crippen molar-refractivity contribution in [2.24, 2.45) is 0 Å². The third-order valence-corrected chi connectivity index (χ3v) is 5.27. The van der Waals surface area contributed by atoms with Gasteiger partial charge in [0.25, 0.3) is 0 Å². The second kappa shape index (κ2) is 4.88. The molecule has 2 aliphatic rings. The molecule has 0 bridgehead atoms. The van der Waals surface area contributed by atoms with Crippen LogP contribution in [0, 0.1) is 0 Å². The van der Waals surface area contributed by atoms with Crippen LogP contribution in [0.2, 0.25) is 4.34 Å². The van der Waals surface area contributed by atoms with E-state index in [4.69, 9.17) is 11.6 Å². The first-order valence-corrected chi connectivity index (χ1v) is 7.64. The normalized spacial score (nSPS) is 30.7. The fraction of sp³-hybridized carbons (Fsp3) is 0.692. The molecule has 1 aromatic rings. The van der Waals surface area contributed by atoms with Crippen LogP contribution in [0.15, 0.2) is 12.1 Å². The first-order valence-electron chi connectivity index (χ1n) is 6.44. The number of rotatable bonds is 2. The van der Waals surface area contributed by atoms with Crippen molar-refractivity contribution in [2.75, 3.05) is 19.6 Å². The van der Waals surface area contributed by atoms with E-state index in [9.17, 15) is 0 Å². The quantitative estimate of drug-likeness (QED) is 0.815. The highest BCUT2D eigenvalue weighted by molar-refractivity contribution is 7.16. The standard InChI is InChI=1S/C13H19ClN2S/c1-10-7-15-6-2-3-11(15)8-16(10)9-12-4-5-13(14)17-12/h4-5,10-11H,2-3,6-9H2,1H3. The lowest BCUT2D eigenvalue weighted by Crippen LogP contribution is -2.54. The van der Waals surface area contributed by atoms with E-state index in [0.717, 1.165) is 16.9 Å². The van der Waals surface area contributed by atoms with Gasteiger partial charge in [-0.1, -0.05) is 11.6 Å². The Labute approximate surface area is 112 Å². The minimum absolute atomic E-state index is 0.672. The monoisotopic (exact) mass is 270 g/mol. The van der Waals surface area contributed by atoms with Crippen LogP contribution in [0.3, 0.4) is 0 Å². The highest BCUT2D eigenvalue weighted by Crippen LogP contribution is 2.28. The molecule has 0 saturated carbocycles. The number of halogens is 1. The molecule has 0 amide bonds. The van der Waals surface area contributed by atoms with E-state index in [1.807, 2.05) is 6.07 Å². The minimum atomic E-state index is 0.672. The second-order valence-electron chi connectivity index (χ2n) is 5.28. The predicted molar refractivity (Wildman–Crippen MR) is 73.8 cm³/mol. The van der Waals surface area contributed by atoms with Crippen molar-refractivity contribution >= 4 is 22.9 Å². The third-order valence-electron chi connectivity index (χ3n) is 4.05. The lowest BCUT2D eigenvalue weighted by Gasteiger charge is -2.42. The van der Waals surface area contributed by atoms with Crippen molar-refractivity contribution in [1.29, 1.82) is 0 Å². The summed E-state index contributed by atoms with van der Waals surface area (Å²) in [5.41, 5.74) is 0. The number of hydrogen-bond donors (Lipinski definition) is 0. The molecule has 2 fully saturated rings. The molecular formula is C13H19ClN2S. The van der Waals surface area contributed by atoms with Crippen molar-refractivity contribution in [3.8, 4) is 0 Å². The molecule has 2 unspecified atom stereocenters. The van der Waals surface area contributed by atoms with E-state index >= 15 is 0 Å². The molecule has 4 heteroatoms. The summed E-state index contributed by atoms with van der Waals surface area (Å²) in [4.78, 5) is 6.69. The Morgan fingerprint density at radius 2 is 2.29 bits per heavy atom. The number of nitrogens with zero attached hydrogens (tertiary/aromatic N) is 2. The average Bonchev–Trinajstić information content (AvgIpc) is 2.88. The molecule has 3 rings (SSSR count). The fourth-order valence-corrected chi connectivity index (χ4v) is 4.22. The van der Waals surface area contributed by atoms with Gasteiger partial charge in [-0.15, -0.1) is 11.3 Å². The van der Waals surface area contributed by atoms with Crippen LogP contribution in [0.4, 0.5) is 0 Å². The molecule has 2 atom stereocenters. The van der Waals surface area contributed by atoms with Crippen LogP contribution in [0.5, 0.6) is 0 Å². The lowest BCUT2D eigenvalue weighted by atomic mass is 10.1. The Kier molecular flexibility index (Phi) is 3.44. The molecule has 2 nitrogen and oxygen atoms in total. The summed E-state index contributed by atoms with van der Waals surface area (Å²) in [6.07, 6.45) is 2.77. The van der Waals surface area contributed by atoms with Gasteiger partial charge < -0.3 is 0 Å². The molecule has 0 aromatic carbocycles. The SMILES string of the molecule is CC1CN2CCCC2CN1Cc1ccc(Cl)s1. The van der Waals surface area contributed by atoms with Crippen LogP contribution in [-0.2, 0) is 6.54 Å². The van der Waals surface area contributed by atoms with Gasteiger partial charge in [-0.2, -0.15) is 0 Å². The predicted octanol–water partition coefficient (Wildman–Crippen LogP) is 3.07. The second-order valence-corrected chi connectivity index (χ2v) is 7.07. The van der Waals surface area contributed by atoms with Gasteiger partial charge in [0.15, 0.2) is 0 Å². The summed E-state index contributed by atoms with van der Waals surface area (Å²) in [7, 11) is 0. The molecule has 0 radical (unpaired) electrons. The number of thiophene rings is 1. The van der Waals surface area contributed by atoms with Gasteiger partial charge >= 0.3 is 0 Å². The van der Waals surface area contributed by atoms with Gasteiger partial charge in [0.05, 0.1) is 4.34 Å². The number of hydrogen-bond acceptors (Lipinski definition) is 3. The first kappa shape index (κ1) is 12.0. The minimum Gasteiger partial charge on any atom is -0.298 e. The van der Waals surface area contributed by atoms with E-state index < -0.39 is 0 Å². The summed E-state index contributed by atoms with van der Waals surface area (Å²) in [6, 6.07) is 5.66. The zero-order chi connectivity index (χ0) is 11.8. The van der Waals surface area contributed by atoms with E-state index in [1.54, 1.807) is 11.3 Å². The Bertz CT molecular complexity index is 393. The van der Waals surface area contributed by atoms with Crippen LogP contribution in [0.25, 0.3) is 0 Å². The maximum atomic E-state index is 6.00. The van der Waals surface area contributed by atoms with Gasteiger partial charge in [0.1, 0.15) is 0 Å². The topological polar surface area (TPSA) is 6.48 Å². The van der Waals surface area contributed by atoms with Crippen molar-refractivity contribution < 1.29 is 0 Å². The van der Waals surface area contributed by atoms with E-state index in [0.29, 0.717) is 6.04 Å². The van der Waals surface area contributed by atoms with E-state index in [-0.39, 0.29) is 0 Å². The van der Waals surface area contributed by atoms with Gasteiger partial charge in [0, 0.05) is 36.6 Å². The van der Waals surface area contributed by atoms with Gasteiger partial charge in [-0.05, 0) is 38.4 Å². The summed E-state index contributed by atoms with van der Waals surface area (Å²) >= 11 is 7.71. The number of piperazine rings is 1. The molecule has 3 heterocycles. The van der Waals surface area contributed by atoms with Crippen molar-refractivity contribution in [3.05, 3.63) is 21.3 Å². The third kappa shape index (κ3) is 2.53. The first-order chi connectivity index (χ1) is 8.22. The summed E-state index contributed by atoms with van der Waals surface area (Å²) in [5, 5.41) is 0. The Balaban J connectivity index is 1.66. The molecule has 0 N–H and O–H groups in total. The Hall–Kier alpha value is -0.0900. The maximum absolute atomic E-state index is 6.00. The van der Waals surface area contributed by atoms with Crippen LogP contribution in [-0.4, -0.2) is 41.5 Å². The fourth-order valence-electron chi connectivity index (χ4n) is 3.11. The van der Waals surface area contributed by atoms with Crippen molar-refractivity contribution in [3.63, 3.8) is 0 Å². The molecule has 2 saturated heterocycles. The summed E-state index contributed by atoms with van der Waals surface area (Å²) < 4.78 is 0.909. The molecule has 0 spiro atoms. The summed E-state index contributed by atoms with van der Waals surface area (Å²) in [6.45, 7) is 7.21. The maximum Gasteiger partial charge on any atom is 0.0931 e. The molecule has 0 aliphatic carbocycles. The largest absolute Gasteiger partial charge is 0.298 e. The van der Waals surface area contributed by atoms with Crippen LogP contribution < -0.4 is 0 Å². The molecule has 94 valence electrons. The smallest absolute Gasteiger partial charge is 0.0931 e. The molecule has 17 heavy (non-hydrogen) atoms. The zero-order valence-electron chi connectivity index (χ0n) is 10.2. The summed E-state index contributed by atoms with van der Waals surface area (Å²) in [5.74, 6) is 0. The van der Waals surface area contributed by atoms with Gasteiger partial charge in [0.2, 0.25) is 0 Å². The molecular weight excluding hydrogens is 252 g/mol. The van der Waals surface area contributed by atoms with Crippen molar-refractivity contribution in [2.45, 2.75) is 38.4 Å². The Morgan fingerprint density at radius 3 is 3.06 bits per heavy atom. The molecule has 2 aliphatic heterocycles. The number of fused-ring (bicyclic) bond motifs is 1. The highest BCUT2D eigenvalue weighted by Gasteiger charge is 2.34. The lowest BCUT2D eigenvalue weighted by molar-refractivity contribution is 0.0547. The van der Waals surface area contributed by atoms with E-state index in [2.05, 4.69) is 22.8 Å². The molecule has 1 aromatic heterocycles. The van der Waals surface area contributed by atoms with Gasteiger partial charge in [-0.3, -0.25) is 9.80 Å². The highest BCUT2D eigenvalue weighted by atomic mass is 35.5. The van der Waals surface area contributed by atoms with Crippen LogP contribution >= 0.6 is 22.9 Å².